The summed E-state index contributed by atoms with van der Waals surface area (Å²) in [7, 11) is -3.52. The second-order valence-electron chi connectivity index (χ2n) is 4.88. The van der Waals surface area contributed by atoms with Gasteiger partial charge in [0.15, 0.2) is 0 Å². The molecule has 0 saturated carbocycles. The lowest BCUT2D eigenvalue weighted by molar-refractivity contribution is -0.138. The lowest BCUT2D eigenvalue weighted by Crippen LogP contribution is -2.36. The zero-order valence-electron chi connectivity index (χ0n) is 11.4. The van der Waals surface area contributed by atoms with E-state index in [0.29, 0.717) is 32.6 Å². The zero-order valence-corrected chi connectivity index (χ0v) is 13.8. The predicted molar refractivity (Wildman–Crippen MR) is 81.6 cm³/mol. The fraction of sp³-hybridized carbons (Fsp3) is 0.462. The summed E-state index contributed by atoms with van der Waals surface area (Å²) < 4.78 is 27.4. The summed E-state index contributed by atoms with van der Waals surface area (Å²) in [6.07, 6.45) is 0.628. The van der Waals surface area contributed by atoms with E-state index in [2.05, 4.69) is 15.9 Å². The Morgan fingerprint density at radius 1 is 1.14 bits per heavy atom. The van der Waals surface area contributed by atoms with Crippen molar-refractivity contribution in [3.63, 3.8) is 0 Å². The van der Waals surface area contributed by atoms with Gasteiger partial charge in [-0.15, -0.1) is 0 Å². The van der Waals surface area contributed by atoms with Gasteiger partial charge in [0.1, 0.15) is 0 Å². The molecule has 1 fully saturated rings. The molecule has 1 aromatic rings. The normalized spacial score (nSPS) is 18.3. The van der Waals surface area contributed by atoms with Gasteiger partial charge < -0.3 is 5.11 Å². The maximum Gasteiger partial charge on any atom is 0.317 e. The number of carboxylic acids is 1. The van der Waals surface area contributed by atoms with Crippen molar-refractivity contribution >= 4 is 31.9 Å². The summed E-state index contributed by atoms with van der Waals surface area (Å²) >= 11 is 3.28. The second kappa shape index (κ2) is 6.87. The van der Waals surface area contributed by atoms with Gasteiger partial charge in [-0.3, -0.25) is 9.69 Å². The van der Waals surface area contributed by atoms with Gasteiger partial charge in [0, 0.05) is 30.7 Å². The van der Waals surface area contributed by atoms with Crippen molar-refractivity contribution < 1.29 is 18.3 Å². The molecule has 0 unspecified atom stereocenters. The summed E-state index contributed by atoms with van der Waals surface area (Å²) in [6, 6.07) is 6.53. The van der Waals surface area contributed by atoms with Crippen LogP contribution in [0, 0.1) is 0 Å². The van der Waals surface area contributed by atoms with Crippen LogP contribution >= 0.6 is 15.9 Å². The number of nitrogens with zero attached hydrogens (tertiary/aromatic N) is 2. The molecule has 116 valence electrons. The van der Waals surface area contributed by atoms with Gasteiger partial charge >= 0.3 is 5.97 Å². The monoisotopic (exact) mass is 376 g/mol. The number of halogens is 1. The molecule has 21 heavy (non-hydrogen) atoms. The summed E-state index contributed by atoms with van der Waals surface area (Å²) in [5.74, 6) is -0.890. The highest BCUT2D eigenvalue weighted by Gasteiger charge is 2.27. The molecule has 2 rings (SSSR count). The van der Waals surface area contributed by atoms with E-state index in [1.807, 2.05) is 0 Å². The van der Waals surface area contributed by atoms with Crippen molar-refractivity contribution in [2.45, 2.75) is 11.3 Å². The van der Waals surface area contributed by atoms with E-state index in [4.69, 9.17) is 5.11 Å². The van der Waals surface area contributed by atoms with Crippen LogP contribution in [0.5, 0.6) is 0 Å². The molecule has 0 amide bonds. The first-order valence-corrected chi connectivity index (χ1v) is 8.83. The summed E-state index contributed by atoms with van der Waals surface area (Å²) in [4.78, 5) is 12.8. The number of aliphatic carboxylic acids is 1. The molecular formula is C13H17BrN2O4S. The van der Waals surface area contributed by atoms with E-state index < -0.39 is 16.0 Å². The van der Waals surface area contributed by atoms with E-state index in [1.54, 1.807) is 29.2 Å². The minimum Gasteiger partial charge on any atom is -0.480 e. The maximum atomic E-state index is 12.6. The molecule has 0 aromatic heterocycles. The Bertz CT molecular complexity index is 603. The Morgan fingerprint density at radius 2 is 1.81 bits per heavy atom. The SMILES string of the molecule is O=C(O)CN1CCCN(S(=O)(=O)c2ccc(Br)cc2)CC1. The minimum absolute atomic E-state index is 0.0494. The number of hydrogen-bond acceptors (Lipinski definition) is 4. The van der Waals surface area contributed by atoms with Gasteiger partial charge in [0.25, 0.3) is 0 Å². The average Bonchev–Trinajstić information content (AvgIpc) is 2.64. The molecule has 6 nitrogen and oxygen atoms in total. The largest absolute Gasteiger partial charge is 0.480 e. The molecule has 0 bridgehead atoms. The molecule has 8 heteroatoms. The molecule has 1 heterocycles. The molecular weight excluding hydrogens is 360 g/mol. The van der Waals surface area contributed by atoms with Crippen LogP contribution in [0.4, 0.5) is 0 Å². The Morgan fingerprint density at radius 3 is 2.43 bits per heavy atom. The number of rotatable bonds is 4. The predicted octanol–water partition coefficient (Wildman–Crippen LogP) is 1.23. The number of benzene rings is 1. The summed E-state index contributed by atoms with van der Waals surface area (Å²) in [6.45, 7) is 1.70. The number of carbonyl (C=O) groups is 1. The van der Waals surface area contributed by atoms with Crippen molar-refractivity contribution in [3.05, 3.63) is 28.7 Å². The molecule has 0 spiro atoms. The standard InChI is InChI=1S/C13H17BrN2O4S/c14-11-2-4-12(5-3-11)21(19,20)16-7-1-6-15(8-9-16)10-13(17)18/h2-5H,1,6-10H2,(H,17,18). The van der Waals surface area contributed by atoms with Crippen molar-refractivity contribution in [1.29, 1.82) is 0 Å². The van der Waals surface area contributed by atoms with Crippen molar-refractivity contribution in [2.24, 2.45) is 0 Å². The van der Waals surface area contributed by atoms with Crippen LogP contribution in [0.2, 0.25) is 0 Å². The van der Waals surface area contributed by atoms with Crippen LogP contribution in [0.1, 0.15) is 6.42 Å². The fourth-order valence-electron chi connectivity index (χ4n) is 2.29. The van der Waals surface area contributed by atoms with Gasteiger partial charge in [0.05, 0.1) is 11.4 Å². The third kappa shape index (κ3) is 4.26. The van der Waals surface area contributed by atoms with Crippen LogP contribution < -0.4 is 0 Å². The highest BCUT2D eigenvalue weighted by molar-refractivity contribution is 9.10. The van der Waals surface area contributed by atoms with Crippen LogP contribution in [-0.2, 0) is 14.8 Å². The number of hydrogen-bond donors (Lipinski definition) is 1. The highest BCUT2D eigenvalue weighted by atomic mass is 79.9. The molecule has 1 saturated heterocycles. The molecule has 1 N–H and O–H groups in total. The van der Waals surface area contributed by atoms with Crippen LogP contribution in [0.15, 0.2) is 33.6 Å². The molecule has 1 aliphatic rings. The Kier molecular flexibility index (Phi) is 5.37. The van der Waals surface area contributed by atoms with Crippen LogP contribution in [-0.4, -0.2) is 61.4 Å². The van der Waals surface area contributed by atoms with E-state index in [-0.39, 0.29) is 11.4 Å². The first kappa shape index (κ1) is 16.4. The third-order valence-electron chi connectivity index (χ3n) is 3.36. The molecule has 0 atom stereocenters. The van der Waals surface area contributed by atoms with Gasteiger partial charge in [-0.05, 0) is 30.7 Å². The van der Waals surface area contributed by atoms with Crippen molar-refractivity contribution in [2.75, 3.05) is 32.7 Å². The van der Waals surface area contributed by atoms with E-state index in [0.717, 1.165) is 4.47 Å². The average molecular weight is 377 g/mol. The minimum atomic E-state index is -3.52. The molecule has 1 aliphatic heterocycles. The zero-order chi connectivity index (χ0) is 15.5. The quantitative estimate of drug-likeness (QED) is 0.854. The number of sulfonamides is 1. The molecule has 1 aromatic carbocycles. The van der Waals surface area contributed by atoms with E-state index in [9.17, 15) is 13.2 Å². The summed E-state index contributed by atoms with van der Waals surface area (Å²) in [5, 5.41) is 8.81. The van der Waals surface area contributed by atoms with Gasteiger partial charge in [-0.2, -0.15) is 4.31 Å². The van der Waals surface area contributed by atoms with Gasteiger partial charge in [0.2, 0.25) is 10.0 Å². The lowest BCUT2D eigenvalue weighted by atomic mass is 10.4. The van der Waals surface area contributed by atoms with Gasteiger partial charge in [-0.1, -0.05) is 15.9 Å². The Labute approximate surface area is 132 Å². The molecule has 0 radical (unpaired) electrons. The fourth-order valence-corrected chi connectivity index (χ4v) is 4.03. The van der Waals surface area contributed by atoms with Crippen molar-refractivity contribution in [3.8, 4) is 0 Å². The van der Waals surface area contributed by atoms with Crippen LogP contribution in [0.25, 0.3) is 0 Å². The van der Waals surface area contributed by atoms with Crippen molar-refractivity contribution in [1.82, 2.24) is 9.21 Å². The molecule has 0 aliphatic carbocycles. The Hall–Kier alpha value is -0.960. The highest BCUT2D eigenvalue weighted by Crippen LogP contribution is 2.20. The summed E-state index contributed by atoms with van der Waals surface area (Å²) in [5.41, 5.74) is 0. The smallest absolute Gasteiger partial charge is 0.317 e. The van der Waals surface area contributed by atoms with E-state index in [1.165, 1.54) is 4.31 Å². The first-order chi connectivity index (χ1) is 9.89. The maximum absolute atomic E-state index is 12.6. The lowest BCUT2D eigenvalue weighted by Gasteiger charge is -2.20. The first-order valence-electron chi connectivity index (χ1n) is 6.59. The third-order valence-corrected chi connectivity index (χ3v) is 5.80. The Balaban J connectivity index is 2.10. The van der Waals surface area contributed by atoms with Crippen LogP contribution in [0.3, 0.4) is 0 Å². The number of carboxylic acid groups (broad SMARTS) is 1. The van der Waals surface area contributed by atoms with E-state index >= 15 is 0 Å². The topological polar surface area (TPSA) is 77.9 Å². The van der Waals surface area contributed by atoms with Gasteiger partial charge in [-0.25, -0.2) is 8.42 Å². The second-order valence-corrected chi connectivity index (χ2v) is 7.74.